The average Bonchev–Trinajstić information content (AvgIpc) is 3.33. The topological polar surface area (TPSA) is 104 Å². The van der Waals surface area contributed by atoms with Crippen molar-refractivity contribution in [3.8, 4) is 11.3 Å². The SMILES string of the molecule is CC(=O)c1ccc(-c2ccc(C(=O)OCc3nn4c(=O)cc(C)nc4s3)o2)cc1. The molecule has 0 unspecified atom stereocenters. The van der Waals surface area contributed by atoms with E-state index in [1.807, 2.05) is 0 Å². The molecule has 0 bridgehead atoms. The van der Waals surface area contributed by atoms with Crippen molar-refractivity contribution in [2.75, 3.05) is 0 Å². The summed E-state index contributed by atoms with van der Waals surface area (Å²) in [6.45, 7) is 3.12. The van der Waals surface area contributed by atoms with Gasteiger partial charge in [0, 0.05) is 22.9 Å². The van der Waals surface area contributed by atoms with Gasteiger partial charge in [0.25, 0.3) is 5.56 Å². The van der Waals surface area contributed by atoms with E-state index in [1.165, 1.54) is 34.9 Å². The number of aryl methyl sites for hydroxylation is 1. The number of rotatable bonds is 5. The van der Waals surface area contributed by atoms with Gasteiger partial charge in [0.15, 0.2) is 10.8 Å². The van der Waals surface area contributed by atoms with Crippen LogP contribution < -0.4 is 5.56 Å². The molecular weight excluding hydrogens is 394 g/mol. The Bertz CT molecular complexity index is 1280. The molecule has 8 nitrogen and oxygen atoms in total. The van der Waals surface area contributed by atoms with E-state index >= 15 is 0 Å². The second kappa shape index (κ2) is 7.44. The molecule has 9 heteroatoms. The van der Waals surface area contributed by atoms with E-state index in [0.29, 0.717) is 27.0 Å². The lowest BCUT2D eigenvalue weighted by Crippen LogP contribution is -2.14. The molecule has 29 heavy (non-hydrogen) atoms. The average molecular weight is 409 g/mol. The maximum absolute atomic E-state index is 12.3. The highest BCUT2D eigenvalue weighted by Gasteiger charge is 2.16. The molecule has 0 atom stereocenters. The fraction of sp³-hybridized carbons (Fsp3) is 0.150. The Morgan fingerprint density at radius 2 is 1.93 bits per heavy atom. The minimum Gasteiger partial charge on any atom is -0.452 e. The van der Waals surface area contributed by atoms with Crippen LogP contribution in [-0.4, -0.2) is 26.4 Å². The molecule has 0 saturated carbocycles. The zero-order valence-electron chi connectivity index (χ0n) is 15.5. The number of esters is 1. The van der Waals surface area contributed by atoms with Crippen LogP contribution in [0.5, 0.6) is 0 Å². The standard InChI is InChI=1S/C20H15N3O5S/c1-11-9-18(25)23-20(21-11)29-17(22-23)10-27-19(26)16-8-7-15(28-16)14-5-3-13(4-6-14)12(2)24/h3-9H,10H2,1-2H3. The lowest BCUT2D eigenvalue weighted by atomic mass is 10.1. The van der Waals surface area contributed by atoms with E-state index in [1.54, 1.807) is 37.3 Å². The number of carbonyl (C=O) groups excluding carboxylic acids is 2. The summed E-state index contributed by atoms with van der Waals surface area (Å²) in [6, 6.07) is 11.5. The van der Waals surface area contributed by atoms with E-state index in [0.717, 1.165) is 5.56 Å². The Morgan fingerprint density at radius 1 is 1.17 bits per heavy atom. The summed E-state index contributed by atoms with van der Waals surface area (Å²) in [6.07, 6.45) is 0. The van der Waals surface area contributed by atoms with E-state index in [-0.39, 0.29) is 23.7 Å². The molecule has 3 heterocycles. The lowest BCUT2D eigenvalue weighted by molar-refractivity contribution is 0.0436. The smallest absolute Gasteiger partial charge is 0.374 e. The molecule has 0 amide bonds. The fourth-order valence-electron chi connectivity index (χ4n) is 2.69. The number of ketones is 1. The summed E-state index contributed by atoms with van der Waals surface area (Å²) in [5.74, 6) is -0.142. The van der Waals surface area contributed by atoms with Gasteiger partial charge < -0.3 is 9.15 Å². The molecule has 0 saturated heterocycles. The van der Waals surface area contributed by atoms with Gasteiger partial charge >= 0.3 is 5.97 Å². The zero-order valence-corrected chi connectivity index (χ0v) is 16.4. The Labute approximate surface area is 168 Å². The van der Waals surface area contributed by atoms with Gasteiger partial charge in [-0.3, -0.25) is 9.59 Å². The number of hydrogen-bond acceptors (Lipinski definition) is 8. The predicted molar refractivity (Wildman–Crippen MR) is 105 cm³/mol. The Morgan fingerprint density at radius 3 is 2.66 bits per heavy atom. The number of ether oxygens (including phenoxy) is 1. The number of fused-ring (bicyclic) bond motifs is 1. The van der Waals surface area contributed by atoms with Gasteiger partial charge in [-0.25, -0.2) is 9.78 Å². The van der Waals surface area contributed by atoms with Gasteiger partial charge in [-0.15, -0.1) is 0 Å². The normalized spacial score (nSPS) is 11.0. The second-order valence-electron chi connectivity index (χ2n) is 6.30. The van der Waals surface area contributed by atoms with Crippen LogP contribution in [0.4, 0.5) is 0 Å². The number of Topliss-reactive ketones (excluding diaryl/α,β-unsaturated/α-hetero) is 1. The summed E-state index contributed by atoms with van der Waals surface area (Å²) in [5, 5.41) is 4.56. The first kappa shape index (κ1) is 18.8. The minimum atomic E-state index is -0.646. The molecule has 4 rings (SSSR count). The third kappa shape index (κ3) is 3.85. The van der Waals surface area contributed by atoms with Crippen molar-refractivity contribution in [1.82, 2.24) is 14.6 Å². The van der Waals surface area contributed by atoms with Crippen LogP contribution in [0.15, 0.2) is 51.7 Å². The molecule has 0 radical (unpaired) electrons. The molecule has 0 aliphatic carbocycles. The Kier molecular flexibility index (Phi) is 4.81. The summed E-state index contributed by atoms with van der Waals surface area (Å²) >= 11 is 1.17. The molecular formula is C20H15N3O5S. The highest BCUT2D eigenvalue weighted by molar-refractivity contribution is 7.16. The number of nitrogens with zero attached hydrogens (tertiary/aromatic N) is 3. The van der Waals surface area contributed by atoms with Crippen LogP contribution in [0, 0.1) is 6.92 Å². The van der Waals surface area contributed by atoms with Gasteiger partial charge in [0.1, 0.15) is 12.4 Å². The summed E-state index contributed by atoms with van der Waals surface area (Å²) < 4.78 is 12.0. The fourth-order valence-corrected chi connectivity index (χ4v) is 3.55. The van der Waals surface area contributed by atoms with Gasteiger partial charge in [0.2, 0.25) is 10.7 Å². The van der Waals surface area contributed by atoms with Gasteiger partial charge in [-0.1, -0.05) is 35.6 Å². The Hall–Kier alpha value is -3.59. The third-order valence-electron chi connectivity index (χ3n) is 4.12. The number of benzene rings is 1. The molecule has 4 aromatic rings. The summed E-state index contributed by atoms with van der Waals surface area (Å²) in [7, 11) is 0. The van der Waals surface area contributed by atoms with Crippen LogP contribution in [0.2, 0.25) is 0 Å². The third-order valence-corrected chi connectivity index (χ3v) is 5.01. The van der Waals surface area contributed by atoms with Crippen LogP contribution in [0.25, 0.3) is 16.3 Å². The summed E-state index contributed by atoms with van der Waals surface area (Å²) in [5.41, 5.74) is 1.65. The minimum absolute atomic E-state index is 0.0252. The van der Waals surface area contributed by atoms with Crippen molar-refractivity contribution in [3.63, 3.8) is 0 Å². The molecule has 0 spiro atoms. The first-order valence-corrected chi connectivity index (χ1v) is 9.47. The van der Waals surface area contributed by atoms with Gasteiger partial charge in [0.05, 0.1) is 0 Å². The van der Waals surface area contributed by atoms with E-state index in [4.69, 9.17) is 9.15 Å². The summed E-state index contributed by atoms with van der Waals surface area (Å²) in [4.78, 5) is 40.2. The highest BCUT2D eigenvalue weighted by atomic mass is 32.1. The zero-order chi connectivity index (χ0) is 20.5. The maximum Gasteiger partial charge on any atom is 0.374 e. The van der Waals surface area contributed by atoms with Crippen LogP contribution >= 0.6 is 11.3 Å². The molecule has 0 aliphatic rings. The molecule has 0 fully saturated rings. The number of hydrogen-bond donors (Lipinski definition) is 0. The lowest BCUT2D eigenvalue weighted by Gasteiger charge is -2.00. The molecule has 0 aliphatic heterocycles. The number of aromatic nitrogens is 3. The predicted octanol–water partition coefficient (Wildman–Crippen LogP) is 3.28. The van der Waals surface area contributed by atoms with E-state index in [9.17, 15) is 14.4 Å². The van der Waals surface area contributed by atoms with Crippen molar-refractivity contribution >= 4 is 28.1 Å². The maximum atomic E-state index is 12.3. The first-order valence-electron chi connectivity index (χ1n) is 8.65. The van der Waals surface area contributed by atoms with Crippen molar-refractivity contribution < 1.29 is 18.7 Å². The van der Waals surface area contributed by atoms with Crippen molar-refractivity contribution in [2.24, 2.45) is 0 Å². The molecule has 146 valence electrons. The van der Waals surface area contributed by atoms with Crippen LogP contribution in [0.3, 0.4) is 0 Å². The van der Waals surface area contributed by atoms with Crippen molar-refractivity contribution in [2.45, 2.75) is 20.5 Å². The quantitative estimate of drug-likeness (QED) is 0.368. The molecule has 0 N–H and O–H groups in total. The van der Waals surface area contributed by atoms with E-state index in [2.05, 4.69) is 10.1 Å². The van der Waals surface area contributed by atoms with Gasteiger partial charge in [-0.2, -0.15) is 9.61 Å². The van der Waals surface area contributed by atoms with Crippen LogP contribution in [0.1, 0.15) is 38.5 Å². The number of furan rings is 1. The second-order valence-corrected chi connectivity index (χ2v) is 7.34. The van der Waals surface area contributed by atoms with Crippen LogP contribution in [-0.2, 0) is 11.3 Å². The highest BCUT2D eigenvalue weighted by Crippen LogP contribution is 2.23. The molecule has 3 aromatic heterocycles. The Balaban J connectivity index is 1.46. The largest absolute Gasteiger partial charge is 0.452 e. The van der Waals surface area contributed by atoms with Crippen molar-refractivity contribution in [3.05, 3.63) is 74.8 Å². The monoisotopic (exact) mass is 409 g/mol. The first-order chi connectivity index (χ1) is 13.9. The van der Waals surface area contributed by atoms with E-state index < -0.39 is 5.97 Å². The number of carbonyl (C=O) groups is 2. The molecule has 1 aromatic carbocycles. The van der Waals surface area contributed by atoms with Gasteiger partial charge in [-0.05, 0) is 26.0 Å². The van der Waals surface area contributed by atoms with Crippen molar-refractivity contribution in [1.29, 1.82) is 0 Å².